The van der Waals surface area contributed by atoms with E-state index < -0.39 is 0 Å². The molecule has 212 valence electrons. The Morgan fingerprint density at radius 3 is 1.87 bits per heavy atom. The van der Waals surface area contributed by atoms with E-state index in [1.54, 1.807) is 0 Å². The van der Waals surface area contributed by atoms with Crippen molar-refractivity contribution in [1.82, 2.24) is 13.8 Å². The van der Waals surface area contributed by atoms with Crippen molar-refractivity contribution in [3.8, 4) is 11.1 Å². The van der Waals surface area contributed by atoms with Crippen LogP contribution in [0.3, 0.4) is 0 Å². The number of para-hydroxylation sites is 4. The Morgan fingerprint density at radius 2 is 1.11 bits per heavy atom. The van der Waals surface area contributed by atoms with Crippen LogP contribution in [0.5, 0.6) is 0 Å². The van der Waals surface area contributed by atoms with Crippen molar-refractivity contribution >= 4 is 98.8 Å². The van der Waals surface area contributed by atoms with Gasteiger partial charge in [0.15, 0.2) is 0 Å². The topological polar surface area (TPSA) is 48.0 Å². The lowest BCUT2D eigenvalue weighted by atomic mass is 9.96. The van der Waals surface area contributed by atoms with Crippen LogP contribution >= 0.6 is 0 Å². The van der Waals surface area contributed by atoms with Crippen LogP contribution in [0.4, 0.5) is 0 Å². The first-order valence-corrected chi connectivity index (χ1v) is 15.6. The molecule has 0 amide bonds. The van der Waals surface area contributed by atoms with E-state index in [4.69, 9.17) is 13.8 Å². The van der Waals surface area contributed by atoms with Gasteiger partial charge in [-0.05, 0) is 70.9 Å². The molecule has 0 radical (unpaired) electrons. The average Bonchev–Trinajstić information content (AvgIpc) is 3.89. The van der Waals surface area contributed by atoms with Gasteiger partial charge >= 0.3 is 0 Å². The summed E-state index contributed by atoms with van der Waals surface area (Å²) in [5, 5.41) is 9.18. The van der Waals surface area contributed by atoms with Crippen LogP contribution in [0.25, 0.3) is 110 Å². The molecule has 0 aliphatic carbocycles. The van der Waals surface area contributed by atoms with Gasteiger partial charge in [0.25, 0.3) is 0 Å². The lowest BCUT2D eigenvalue weighted by Crippen LogP contribution is -1.86. The molecule has 0 bridgehead atoms. The Hall–Kier alpha value is -6.33. The van der Waals surface area contributed by atoms with E-state index in [1.807, 2.05) is 24.3 Å². The fourth-order valence-electron chi connectivity index (χ4n) is 8.03. The van der Waals surface area contributed by atoms with Gasteiger partial charge in [0.1, 0.15) is 22.3 Å². The molecule has 5 aromatic heterocycles. The maximum atomic E-state index is 6.71. The third-order valence-electron chi connectivity index (χ3n) is 9.99. The Balaban J connectivity index is 1.34. The summed E-state index contributed by atoms with van der Waals surface area (Å²) in [6.45, 7) is 0. The second-order valence-electron chi connectivity index (χ2n) is 12.4. The molecule has 5 nitrogen and oxygen atoms in total. The molecule has 5 heteroatoms. The number of hydrogen-bond acceptors (Lipinski definition) is 3. The van der Waals surface area contributed by atoms with Crippen LogP contribution < -0.4 is 0 Å². The van der Waals surface area contributed by atoms with Gasteiger partial charge in [-0.25, -0.2) is 4.98 Å². The van der Waals surface area contributed by atoms with Crippen molar-refractivity contribution < 1.29 is 8.83 Å². The molecule has 0 fully saturated rings. The lowest BCUT2D eigenvalue weighted by Gasteiger charge is -2.07. The van der Waals surface area contributed by atoms with Crippen molar-refractivity contribution in [3.05, 3.63) is 127 Å². The Labute approximate surface area is 259 Å². The molecular weight excluding hydrogens is 566 g/mol. The van der Waals surface area contributed by atoms with Crippen molar-refractivity contribution in [2.45, 2.75) is 0 Å². The summed E-state index contributed by atoms with van der Waals surface area (Å²) in [6.07, 6.45) is 0. The number of nitrogens with zero attached hydrogens (tertiary/aromatic N) is 3. The first-order chi connectivity index (χ1) is 22.8. The highest BCUT2D eigenvalue weighted by Crippen LogP contribution is 2.47. The molecule has 5 heterocycles. The maximum Gasteiger partial charge on any atom is 0.220 e. The minimum absolute atomic E-state index is 0.835. The number of fused-ring (bicyclic) bond motifs is 15. The summed E-state index contributed by atoms with van der Waals surface area (Å²) in [5.74, 6) is 0.916. The highest BCUT2D eigenvalue weighted by atomic mass is 16.3. The third kappa shape index (κ3) is 2.67. The van der Waals surface area contributed by atoms with Gasteiger partial charge in [0.05, 0.1) is 33.1 Å². The molecule has 12 rings (SSSR count). The predicted molar refractivity (Wildman–Crippen MR) is 187 cm³/mol. The summed E-state index contributed by atoms with van der Waals surface area (Å²) >= 11 is 0. The fraction of sp³-hybridized carbons (Fsp3) is 0. The summed E-state index contributed by atoms with van der Waals surface area (Å²) in [5.41, 5.74) is 10.9. The van der Waals surface area contributed by atoms with Gasteiger partial charge in [0.2, 0.25) is 5.78 Å². The van der Waals surface area contributed by atoms with Crippen LogP contribution in [0.1, 0.15) is 0 Å². The third-order valence-corrected chi connectivity index (χ3v) is 9.99. The molecule has 0 N–H and O–H groups in total. The summed E-state index contributed by atoms with van der Waals surface area (Å²) in [6, 6.07) is 45.1. The highest BCUT2D eigenvalue weighted by molar-refractivity contribution is 6.25. The molecule has 0 saturated carbocycles. The number of rotatable bonds is 1. The normalized spacial score (nSPS) is 12.8. The maximum absolute atomic E-state index is 6.71. The zero-order chi connectivity index (χ0) is 29.7. The number of benzene rings is 7. The summed E-state index contributed by atoms with van der Waals surface area (Å²) < 4.78 is 18.1. The van der Waals surface area contributed by atoms with Crippen molar-refractivity contribution in [3.63, 3.8) is 0 Å². The standard InChI is InChI=1S/C41H21N3O2/c1-2-10-23-19-33-27(17-22(23)9-1)28-18-24(20-34-38(28)44(33)41-42-31-13-5-6-14-32(31)43(34)41)37-39-29(25-11-3-7-15-35(25)45-39)21-30-26-12-4-8-16-36(26)46-40(30)37/h1-21H. The first-order valence-electron chi connectivity index (χ1n) is 15.6. The molecule has 0 unspecified atom stereocenters. The highest BCUT2D eigenvalue weighted by Gasteiger charge is 2.26. The number of imidazole rings is 2. The van der Waals surface area contributed by atoms with Gasteiger partial charge < -0.3 is 8.83 Å². The van der Waals surface area contributed by atoms with Crippen molar-refractivity contribution in [2.75, 3.05) is 0 Å². The van der Waals surface area contributed by atoms with Crippen LogP contribution in [0, 0.1) is 0 Å². The number of furan rings is 2. The van der Waals surface area contributed by atoms with E-state index in [9.17, 15) is 0 Å². The molecule has 0 atom stereocenters. The van der Waals surface area contributed by atoms with E-state index in [0.717, 1.165) is 82.8 Å². The quantitative estimate of drug-likeness (QED) is 0.192. The van der Waals surface area contributed by atoms with E-state index in [-0.39, 0.29) is 0 Å². The molecule has 7 aromatic carbocycles. The lowest BCUT2D eigenvalue weighted by molar-refractivity contribution is 0.658. The zero-order valence-electron chi connectivity index (χ0n) is 24.3. The average molecular weight is 588 g/mol. The molecule has 46 heavy (non-hydrogen) atoms. The molecule has 0 aliphatic heterocycles. The van der Waals surface area contributed by atoms with E-state index in [2.05, 4.69) is 112 Å². The SMILES string of the molecule is c1ccc2cc3c(cc2c1)c1cc(-c2c4oc5ccccc5c4cc4c2oc2ccccc24)cc2c1n3c1nc3ccccc3n21. The van der Waals surface area contributed by atoms with Crippen molar-refractivity contribution in [1.29, 1.82) is 0 Å². The Morgan fingerprint density at radius 1 is 0.457 bits per heavy atom. The molecule has 0 spiro atoms. The van der Waals surface area contributed by atoms with Gasteiger partial charge in [-0.15, -0.1) is 0 Å². The monoisotopic (exact) mass is 587 g/mol. The summed E-state index contributed by atoms with van der Waals surface area (Å²) in [7, 11) is 0. The predicted octanol–water partition coefficient (Wildman–Crippen LogP) is 11.1. The number of aromatic nitrogens is 3. The van der Waals surface area contributed by atoms with Crippen molar-refractivity contribution in [2.24, 2.45) is 0 Å². The fourth-order valence-corrected chi connectivity index (χ4v) is 8.03. The Bertz CT molecular complexity index is 3170. The first kappa shape index (κ1) is 23.1. The minimum Gasteiger partial charge on any atom is -0.455 e. The van der Waals surface area contributed by atoms with Crippen LogP contribution in [-0.2, 0) is 0 Å². The zero-order valence-corrected chi connectivity index (χ0v) is 24.3. The Kier molecular flexibility index (Phi) is 3.94. The van der Waals surface area contributed by atoms with Gasteiger partial charge in [-0.1, -0.05) is 72.8 Å². The molecule has 12 aromatic rings. The van der Waals surface area contributed by atoms with E-state index >= 15 is 0 Å². The molecule has 0 saturated heterocycles. The molecule has 0 aliphatic rings. The second kappa shape index (κ2) is 7.84. The second-order valence-corrected chi connectivity index (χ2v) is 12.4. The van der Waals surface area contributed by atoms with Crippen LogP contribution in [0.2, 0.25) is 0 Å². The van der Waals surface area contributed by atoms with E-state index in [1.165, 1.54) is 27.1 Å². The summed E-state index contributed by atoms with van der Waals surface area (Å²) in [4.78, 5) is 5.18. The van der Waals surface area contributed by atoms with Gasteiger partial charge in [-0.2, -0.15) is 0 Å². The number of hydrogen-bond donors (Lipinski definition) is 0. The minimum atomic E-state index is 0.835. The van der Waals surface area contributed by atoms with Crippen LogP contribution in [0.15, 0.2) is 136 Å². The molecular formula is C41H21N3O2. The smallest absolute Gasteiger partial charge is 0.220 e. The largest absolute Gasteiger partial charge is 0.455 e. The van der Waals surface area contributed by atoms with E-state index in [0.29, 0.717) is 0 Å². The van der Waals surface area contributed by atoms with Gasteiger partial charge in [-0.3, -0.25) is 8.80 Å². The van der Waals surface area contributed by atoms with Crippen LogP contribution in [-0.4, -0.2) is 13.8 Å². The van der Waals surface area contributed by atoms with Gasteiger partial charge in [0, 0.05) is 32.3 Å².